The van der Waals surface area contributed by atoms with Gasteiger partial charge in [0.25, 0.3) is 0 Å². The van der Waals surface area contributed by atoms with Crippen LogP contribution in [0.3, 0.4) is 0 Å². The number of carbonyl (C=O) groups excluding carboxylic acids is 2. The number of esters is 2. The summed E-state index contributed by atoms with van der Waals surface area (Å²) in [6.07, 6.45) is 4.76. The third-order valence-corrected chi connectivity index (χ3v) is 7.10. The standard InChI is InChI=1S/C31H46N2O4/c1-6-11-24-12-9-14-26(20-24)28(32)17-16-23(5)30(35)37-31(33,18-19-36-29(34)8-3)27-15-10-13-25(21-27)22(4)7-2/h9-10,12-15,20-23,28H,6-8,11,16-19,32-33H2,1-5H3. The fourth-order valence-electron chi connectivity index (χ4n) is 4.28. The van der Waals surface area contributed by atoms with Gasteiger partial charge in [0.2, 0.25) is 0 Å². The van der Waals surface area contributed by atoms with E-state index in [1.54, 1.807) is 6.92 Å². The molecule has 4 unspecified atom stereocenters. The van der Waals surface area contributed by atoms with Crippen LogP contribution in [0.4, 0.5) is 0 Å². The Bertz CT molecular complexity index is 1010. The molecule has 0 radical (unpaired) electrons. The lowest BCUT2D eigenvalue weighted by Gasteiger charge is -2.31. The van der Waals surface area contributed by atoms with Crippen LogP contribution in [0.5, 0.6) is 0 Å². The molecule has 4 atom stereocenters. The van der Waals surface area contributed by atoms with Crippen LogP contribution in [-0.2, 0) is 31.2 Å². The van der Waals surface area contributed by atoms with Gasteiger partial charge in [-0.3, -0.25) is 15.3 Å². The van der Waals surface area contributed by atoms with E-state index in [-0.39, 0.29) is 43.3 Å². The van der Waals surface area contributed by atoms with Crippen molar-refractivity contribution in [3.8, 4) is 0 Å². The first-order chi connectivity index (χ1) is 17.6. The van der Waals surface area contributed by atoms with E-state index in [1.165, 1.54) is 5.56 Å². The van der Waals surface area contributed by atoms with E-state index in [1.807, 2.05) is 37.3 Å². The highest BCUT2D eigenvalue weighted by Gasteiger charge is 2.34. The molecule has 0 amide bonds. The first kappa shape index (κ1) is 30.5. The maximum Gasteiger partial charge on any atom is 0.310 e. The summed E-state index contributed by atoms with van der Waals surface area (Å²) in [4.78, 5) is 24.9. The molecular formula is C31H46N2O4. The van der Waals surface area contributed by atoms with Crippen LogP contribution < -0.4 is 11.5 Å². The Labute approximate surface area is 223 Å². The Kier molecular flexibility index (Phi) is 12.3. The fourth-order valence-corrected chi connectivity index (χ4v) is 4.28. The van der Waals surface area contributed by atoms with E-state index in [0.29, 0.717) is 24.3 Å². The van der Waals surface area contributed by atoms with Gasteiger partial charge >= 0.3 is 11.9 Å². The molecule has 2 rings (SSSR count). The Balaban J connectivity index is 2.12. The molecule has 2 aromatic rings. The summed E-state index contributed by atoms with van der Waals surface area (Å²) >= 11 is 0. The van der Waals surface area contributed by atoms with E-state index < -0.39 is 5.72 Å². The highest BCUT2D eigenvalue weighted by atomic mass is 16.6. The fraction of sp³-hybridized carbons (Fsp3) is 0.548. The third-order valence-electron chi connectivity index (χ3n) is 7.10. The third kappa shape index (κ3) is 9.28. The van der Waals surface area contributed by atoms with Crippen molar-refractivity contribution in [1.82, 2.24) is 0 Å². The minimum atomic E-state index is -1.40. The van der Waals surface area contributed by atoms with Gasteiger partial charge in [-0.05, 0) is 48.3 Å². The van der Waals surface area contributed by atoms with Crippen molar-refractivity contribution in [3.05, 3.63) is 70.8 Å². The first-order valence-corrected chi connectivity index (χ1v) is 13.8. The van der Waals surface area contributed by atoms with Gasteiger partial charge in [-0.2, -0.15) is 0 Å². The number of carbonyl (C=O) groups is 2. The minimum Gasteiger partial charge on any atom is -0.465 e. The molecule has 0 aliphatic rings. The van der Waals surface area contributed by atoms with Crippen LogP contribution in [0.2, 0.25) is 0 Å². The first-order valence-electron chi connectivity index (χ1n) is 13.8. The topological polar surface area (TPSA) is 105 Å². The largest absolute Gasteiger partial charge is 0.465 e. The van der Waals surface area contributed by atoms with Gasteiger partial charge in [-0.1, -0.05) is 89.6 Å². The summed E-state index contributed by atoms with van der Waals surface area (Å²) in [5.74, 6) is -0.740. The molecule has 0 bridgehead atoms. The molecule has 0 heterocycles. The number of rotatable bonds is 15. The van der Waals surface area contributed by atoms with Crippen LogP contribution in [0, 0.1) is 5.92 Å². The van der Waals surface area contributed by atoms with Crippen molar-refractivity contribution < 1.29 is 19.1 Å². The summed E-state index contributed by atoms with van der Waals surface area (Å²) in [5, 5.41) is 0. The summed E-state index contributed by atoms with van der Waals surface area (Å²) < 4.78 is 11.2. The van der Waals surface area contributed by atoms with Crippen LogP contribution in [0.15, 0.2) is 48.5 Å². The summed E-state index contributed by atoms with van der Waals surface area (Å²) in [5.41, 5.74) is 16.0. The Morgan fingerprint density at radius 1 is 0.973 bits per heavy atom. The molecular weight excluding hydrogens is 464 g/mol. The Morgan fingerprint density at radius 2 is 1.68 bits per heavy atom. The Hall–Kier alpha value is -2.70. The van der Waals surface area contributed by atoms with Gasteiger partial charge in [-0.15, -0.1) is 0 Å². The molecule has 6 nitrogen and oxygen atoms in total. The number of hydrogen-bond donors (Lipinski definition) is 2. The lowest BCUT2D eigenvalue weighted by molar-refractivity contribution is -0.168. The second-order valence-corrected chi connectivity index (χ2v) is 10.1. The van der Waals surface area contributed by atoms with Gasteiger partial charge in [-0.25, -0.2) is 0 Å². The monoisotopic (exact) mass is 510 g/mol. The van der Waals surface area contributed by atoms with Gasteiger partial charge in [0, 0.05) is 24.4 Å². The average molecular weight is 511 g/mol. The van der Waals surface area contributed by atoms with E-state index in [0.717, 1.165) is 30.4 Å². The van der Waals surface area contributed by atoms with Gasteiger partial charge in [0.1, 0.15) is 0 Å². The molecule has 0 aromatic heterocycles. The number of ether oxygens (including phenoxy) is 2. The van der Waals surface area contributed by atoms with Crippen LogP contribution in [-0.4, -0.2) is 18.5 Å². The molecule has 0 spiro atoms. The number of nitrogens with two attached hydrogens (primary N) is 2. The molecule has 0 saturated carbocycles. The van der Waals surface area contributed by atoms with Gasteiger partial charge in [0.05, 0.1) is 12.5 Å². The second kappa shape index (κ2) is 14.9. The van der Waals surface area contributed by atoms with Crippen molar-refractivity contribution in [2.75, 3.05) is 6.61 Å². The quantitative estimate of drug-likeness (QED) is 0.216. The predicted molar refractivity (Wildman–Crippen MR) is 149 cm³/mol. The SMILES string of the molecule is CCCc1cccc(C(N)CCC(C)C(=O)OC(N)(CCOC(=O)CC)c2cccc(C(C)CC)c2)c1. The summed E-state index contributed by atoms with van der Waals surface area (Å²) in [6, 6.07) is 16.0. The lowest BCUT2D eigenvalue weighted by Crippen LogP contribution is -2.44. The highest BCUT2D eigenvalue weighted by molar-refractivity contribution is 5.72. The van der Waals surface area contributed by atoms with Crippen molar-refractivity contribution in [1.29, 1.82) is 0 Å². The van der Waals surface area contributed by atoms with Crippen molar-refractivity contribution in [2.45, 2.75) is 97.2 Å². The van der Waals surface area contributed by atoms with E-state index in [4.69, 9.17) is 20.9 Å². The van der Waals surface area contributed by atoms with Crippen LogP contribution in [0.25, 0.3) is 0 Å². The van der Waals surface area contributed by atoms with Crippen LogP contribution >= 0.6 is 0 Å². The predicted octanol–water partition coefficient (Wildman–Crippen LogP) is 6.27. The van der Waals surface area contributed by atoms with E-state index in [2.05, 4.69) is 39.0 Å². The Morgan fingerprint density at radius 3 is 2.35 bits per heavy atom. The summed E-state index contributed by atoms with van der Waals surface area (Å²) in [6.45, 7) is 10.1. The second-order valence-electron chi connectivity index (χ2n) is 10.1. The zero-order chi connectivity index (χ0) is 27.4. The van der Waals surface area contributed by atoms with Gasteiger partial charge in [0.15, 0.2) is 5.72 Å². The normalized spacial score (nSPS) is 15.3. The highest BCUT2D eigenvalue weighted by Crippen LogP contribution is 2.30. The lowest BCUT2D eigenvalue weighted by atomic mass is 9.92. The van der Waals surface area contributed by atoms with Crippen molar-refractivity contribution >= 4 is 11.9 Å². The van der Waals surface area contributed by atoms with Crippen molar-refractivity contribution in [2.24, 2.45) is 17.4 Å². The van der Waals surface area contributed by atoms with Gasteiger partial charge < -0.3 is 15.2 Å². The molecule has 0 saturated heterocycles. The summed E-state index contributed by atoms with van der Waals surface area (Å²) in [7, 11) is 0. The maximum atomic E-state index is 13.2. The average Bonchev–Trinajstić information content (AvgIpc) is 2.91. The number of hydrogen-bond acceptors (Lipinski definition) is 6. The molecule has 0 fully saturated rings. The smallest absolute Gasteiger partial charge is 0.310 e. The molecule has 0 aliphatic heterocycles. The molecule has 37 heavy (non-hydrogen) atoms. The van der Waals surface area contributed by atoms with Crippen LogP contribution in [0.1, 0.15) is 107 Å². The molecule has 204 valence electrons. The minimum absolute atomic E-state index is 0.0668. The van der Waals surface area contributed by atoms with E-state index in [9.17, 15) is 9.59 Å². The zero-order valence-electron chi connectivity index (χ0n) is 23.3. The molecule has 4 N–H and O–H groups in total. The number of aryl methyl sites for hydroxylation is 1. The van der Waals surface area contributed by atoms with E-state index >= 15 is 0 Å². The molecule has 0 aliphatic carbocycles. The molecule has 2 aromatic carbocycles. The number of benzene rings is 2. The molecule has 6 heteroatoms. The maximum absolute atomic E-state index is 13.2. The van der Waals surface area contributed by atoms with Crippen molar-refractivity contribution in [3.63, 3.8) is 0 Å². The zero-order valence-corrected chi connectivity index (χ0v) is 23.3.